The molecule has 0 bridgehead atoms. The van der Waals surface area contributed by atoms with Crippen LogP contribution in [0, 0.1) is 5.82 Å². The lowest BCUT2D eigenvalue weighted by atomic mass is 10.0. The van der Waals surface area contributed by atoms with Crippen LogP contribution in [0.25, 0.3) is 10.9 Å². The van der Waals surface area contributed by atoms with Crippen molar-refractivity contribution in [3.8, 4) is 5.75 Å². The van der Waals surface area contributed by atoms with E-state index in [1.54, 1.807) is 23.9 Å². The molecule has 3 heterocycles. The van der Waals surface area contributed by atoms with Gasteiger partial charge in [-0.25, -0.2) is 9.07 Å². The average molecular weight is 492 g/mol. The number of rotatable bonds is 8. The molecule has 1 aliphatic heterocycles. The number of nitrogens with one attached hydrogen (secondary N) is 1. The lowest BCUT2D eigenvalue weighted by Gasteiger charge is -2.38. The predicted molar refractivity (Wildman–Crippen MR) is 135 cm³/mol. The fourth-order valence-electron chi connectivity index (χ4n) is 4.87. The van der Waals surface area contributed by atoms with Gasteiger partial charge in [-0.3, -0.25) is 9.69 Å². The number of aromatic amines is 1. The summed E-state index contributed by atoms with van der Waals surface area (Å²) in [4.78, 5) is 21.2. The van der Waals surface area contributed by atoms with Crippen molar-refractivity contribution in [3.05, 3.63) is 81.7 Å². The van der Waals surface area contributed by atoms with Gasteiger partial charge in [-0.1, -0.05) is 19.1 Å². The third kappa shape index (κ3) is 5.00. The maximum absolute atomic E-state index is 13.4. The molecule has 1 N–H and O–H groups in total. The number of tetrazole rings is 1. The first-order valence-electron chi connectivity index (χ1n) is 12.2. The van der Waals surface area contributed by atoms with E-state index in [1.807, 2.05) is 24.3 Å². The van der Waals surface area contributed by atoms with Crippen molar-refractivity contribution in [1.82, 2.24) is 35.0 Å². The number of nitrogens with zero attached hydrogens (tertiary/aromatic N) is 6. The Morgan fingerprint density at radius 3 is 2.58 bits per heavy atom. The molecule has 1 aliphatic rings. The van der Waals surface area contributed by atoms with Gasteiger partial charge in [0.15, 0.2) is 5.82 Å². The number of methoxy groups -OCH3 is 1. The Hall–Kier alpha value is -3.63. The van der Waals surface area contributed by atoms with E-state index in [4.69, 9.17) is 4.74 Å². The van der Waals surface area contributed by atoms with Crippen LogP contribution in [0.2, 0.25) is 0 Å². The maximum Gasteiger partial charge on any atom is 0.253 e. The van der Waals surface area contributed by atoms with Crippen molar-refractivity contribution < 1.29 is 9.13 Å². The molecule has 1 saturated heterocycles. The normalized spacial score (nSPS) is 15.9. The van der Waals surface area contributed by atoms with Crippen LogP contribution in [0.15, 0.2) is 53.3 Å². The Morgan fingerprint density at radius 2 is 1.86 bits per heavy atom. The number of piperazine rings is 1. The fraction of sp³-hybridized carbons (Fsp3) is 0.385. The highest BCUT2D eigenvalue weighted by Crippen LogP contribution is 2.29. The molecule has 0 saturated carbocycles. The zero-order valence-corrected chi connectivity index (χ0v) is 20.5. The summed E-state index contributed by atoms with van der Waals surface area (Å²) >= 11 is 0. The van der Waals surface area contributed by atoms with Gasteiger partial charge < -0.3 is 14.6 Å². The number of hydrogen-bond acceptors (Lipinski definition) is 7. The molecule has 1 fully saturated rings. The molecule has 0 radical (unpaired) electrons. The van der Waals surface area contributed by atoms with E-state index in [0.717, 1.165) is 50.1 Å². The molecular weight excluding hydrogens is 461 g/mol. The lowest BCUT2D eigenvalue weighted by molar-refractivity contribution is 0.104. The Labute approximate surface area is 208 Å². The minimum atomic E-state index is -0.431. The minimum absolute atomic E-state index is 0.187. The van der Waals surface area contributed by atoms with Gasteiger partial charge in [0.05, 0.1) is 19.2 Å². The van der Waals surface area contributed by atoms with Gasteiger partial charge in [0.25, 0.3) is 5.56 Å². The zero-order valence-electron chi connectivity index (χ0n) is 20.5. The molecule has 0 amide bonds. The second-order valence-corrected chi connectivity index (χ2v) is 9.11. The second kappa shape index (κ2) is 10.5. The lowest BCUT2D eigenvalue weighted by Crippen LogP contribution is -2.49. The highest BCUT2D eigenvalue weighted by molar-refractivity contribution is 5.80. The highest BCUT2D eigenvalue weighted by atomic mass is 19.1. The molecular formula is C26H30FN7O2. The molecule has 36 heavy (non-hydrogen) atoms. The number of H-pyrrole nitrogens is 1. The van der Waals surface area contributed by atoms with Crippen LogP contribution in [0.5, 0.6) is 5.75 Å². The smallest absolute Gasteiger partial charge is 0.253 e. The van der Waals surface area contributed by atoms with E-state index in [2.05, 4.69) is 37.2 Å². The first kappa shape index (κ1) is 24.1. The molecule has 5 rings (SSSR count). The average Bonchev–Trinajstić information content (AvgIpc) is 3.34. The fourth-order valence-corrected chi connectivity index (χ4v) is 4.87. The maximum atomic E-state index is 13.4. The molecule has 0 aliphatic carbocycles. The molecule has 2 aromatic heterocycles. The van der Waals surface area contributed by atoms with Crippen LogP contribution in [0.1, 0.15) is 36.3 Å². The van der Waals surface area contributed by atoms with Crippen molar-refractivity contribution >= 4 is 10.9 Å². The number of hydrogen-bond donors (Lipinski definition) is 1. The SMILES string of the molecule is CCCN1CCN([C@H](c2cc3ccc(OC)cc3[nH]c2=O)c2nnnn2Cc2ccc(F)cc2)CC1. The summed E-state index contributed by atoms with van der Waals surface area (Å²) in [5, 5.41) is 13.5. The topological polar surface area (TPSA) is 92.2 Å². The van der Waals surface area contributed by atoms with Crippen LogP contribution in [0.4, 0.5) is 4.39 Å². The van der Waals surface area contributed by atoms with Crippen molar-refractivity contribution in [2.45, 2.75) is 25.9 Å². The van der Waals surface area contributed by atoms with Crippen molar-refractivity contribution in [2.24, 2.45) is 0 Å². The molecule has 1 atom stereocenters. The van der Waals surface area contributed by atoms with Gasteiger partial charge >= 0.3 is 0 Å². The van der Waals surface area contributed by atoms with Gasteiger partial charge in [0, 0.05) is 37.8 Å². The second-order valence-electron chi connectivity index (χ2n) is 9.11. The molecule has 0 spiro atoms. The van der Waals surface area contributed by atoms with Crippen molar-refractivity contribution in [1.29, 1.82) is 0 Å². The monoisotopic (exact) mass is 491 g/mol. The van der Waals surface area contributed by atoms with Crippen molar-refractivity contribution in [2.75, 3.05) is 39.8 Å². The summed E-state index contributed by atoms with van der Waals surface area (Å²) in [6.07, 6.45) is 1.10. The minimum Gasteiger partial charge on any atom is -0.497 e. The molecule has 188 valence electrons. The van der Waals surface area contributed by atoms with E-state index < -0.39 is 6.04 Å². The van der Waals surface area contributed by atoms with E-state index in [9.17, 15) is 9.18 Å². The quantitative estimate of drug-likeness (QED) is 0.405. The zero-order chi connectivity index (χ0) is 25.1. The van der Waals surface area contributed by atoms with E-state index in [1.165, 1.54) is 12.1 Å². The summed E-state index contributed by atoms with van der Waals surface area (Å²) in [6.45, 7) is 7.00. The van der Waals surface area contributed by atoms with Gasteiger partial charge in [0.1, 0.15) is 17.6 Å². The van der Waals surface area contributed by atoms with Crippen LogP contribution in [0.3, 0.4) is 0 Å². The standard InChI is InChI=1S/C26H30FN7O2/c1-3-10-32-11-13-33(14-12-32)24(22-15-19-6-9-21(36-2)16-23(19)28-26(22)35)25-29-30-31-34(25)17-18-4-7-20(27)8-5-18/h4-9,15-16,24H,3,10-14,17H2,1-2H3,(H,28,35)/t24-/m1/s1. The van der Waals surface area contributed by atoms with Gasteiger partial charge in [-0.2, -0.15) is 0 Å². The van der Waals surface area contributed by atoms with Crippen LogP contribution in [-0.2, 0) is 6.54 Å². The Balaban J connectivity index is 1.55. The third-order valence-electron chi connectivity index (χ3n) is 6.74. The Kier molecular flexibility index (Phi) is 7.06. The van der Waals surface area contributed by atoms with Gasteiger partial charge in [-0.15, -0.1) is 5.10 Å². The summed E-state index contributed by atoms with van der Waals surface area (Å²) in [6, 6.07) is 13.4. The molecule has 10 heteroatoms. The Bertz CT molecular complexity index is 1380. The molecule has 0 unspecified atom stereocenters. The number of ether oxygens (including phenoxy) is 1. The summed E-state index contributed by atoms with van der Waals surface area (Å²) in [5.74, 6) is 0.970. The highest BCUT2D eigenvalue weighted by Gasteiger charge is 2.32. The van der Waals surface area contributed by atoms with Crippen LogP contribution in [-0.4, -0.2) is 74.8 Å². The summed E-state index contributed by atoms with van der Waals surface area (Å²) in [7, 11) is 1.60. The van der Waals surface area contributed by atoms with Gasteiger partial charge in [0.2, 0.25) is 0 Å². The van der Waals surface area contributed by atoms with E-state index in [-0.39, 0.29) is 11.4 Å². The number of aromatic nitrogens is 5. The van der Waals surface area contributed by atoms with E-state index in [0.29, 0.717) is 29.2 Å². The number of halogens is 1. The number of pyridine rings is 1. The first-order chi connectivity index (χ1) is 17.6. The molecule has 9 nitrogen and oxygen atoms in total. The van der Waals surface area contributed by atoms with Crippen LogP contribution >= 0.6 is 0 Å². The molecule has 2 aromatic carbocycles. The molecule has 4 aromatic rings. The Morgan fingerprint density at radius 1 is 1.08 bits per heavy atom. The van der Waals surface area contributed by atoms with Gasteiger partial charge in [-0.05, 0) is 64.7 Å². The predicted octanol–water partition coefficient (Wildman–Crippen LogP) is 2.83. The number of benzene rings is 2. The van der Waals surface area contributed by atoms with Crippen molar-refractivity contribution in [3.63, 3.8) is 0 Å². The summed E-state index contributed by atoms with van der Waals surface area (Å²) in [5.41, 5.74) is 1.98. The largest absolute Gasteiger partial charge is 0.497 e. The van der Waals surface area contributed by atoms with E-state index >= 15 is 0 Å². The first-order valence-corrected chi connectivity index (χ1v) is 12.2. The van der Waals surface area contributed by atoms with Crippen LogP contribution < -0.4 is 10.3 Å². The third-order valence-corrected chi connectivity index (χ3v) is 6.74. The summed E-state index contributed by atoms with van der Waals surface area (Å²) < 4.78 is 20.5. The number of fused-ring (bicyclic) bond motifs is 1.